The van der Waals surface area contributed by atoms with Crippen LogP contribution >= 0.6 is 0 Å². The third-order valence-electron chi connectivity index (χ3n) is 1.34. The Balaban J connectivity index is 3.04. The molecule has 0 aliphatic heterocycles. The minimum atomic E-state index is 0.462. The molecule has 0 aliphatic carbocycles. The monoisotopic (exact) mass is 142 g/mol. The third kappa shape index (κ3) is 5.79. The van der Waals surface area contributed by atoms with Gasteiger partial charge in [0.05, 0.1) is 0 Å². The zero-order chi connectivity index (χ0) is 7.82. The molecule has 0 rings (SSSR count). The van der Waals surface area contributed by atoms with E-state index in [2.05, 4.69) is 13.5 Å². The molecule has 0 spiro atoms. The van der Waals surface area contributed by atoms with Crippen molar-refractivity contribution in [3.63, 3.8) is 0 Å². The van der Waals surface area contributed by atoms with E-state index < -0.39 is 0 Å². The van der Waals surface area contributed by atoms with Gasteiger partial charge in [-0.05, 0) is 6.42 Å². The average molecular weight is 142 g/mol. The van der Waals surface area contributed by atoms with Gasteiger partial charge in [0.2, 0.25) is 0 Å². The molecule has 0 aromatic rings. The average Bonchev–Trinajstić information content (AvgIpc) is 1.89. The first kappa shape index (κ1) is 9.66. The van der Waals surface area contributed by atoms with Gasteiger partial charge in [0.1, 0.15) is 0 Å². The summed E-state index contributed by atoms with van der Waals surface area (Å²) in [5.41, 5.74) is 0. The molecule has 0 amide bonds. The largest absolute Gasteiger partial charge is 0.151 e. The first-order valence-corrected chi connectivity index (χ1v) is 3.84. The maximum atomic E-state index is 10.8. The van der Waals surface area contributed by atoms with Gasteiger partial charge < -0.3 is 0 Å². The van der Waals surface area contributed by atoms with E-state index in [-0.39, 0.29) is 0 Å². The van der Waals surface area contributed by atoms with Crippen molar-refractivity contribution in [3.8, 4) is 0 Å². The van der Waals surface area contributed by atoms with E-state index in [1.54, 1.807) is 6.08 Å². The van der Waals surface area contributed by atoms with Gasteiger partial charge in [-0.3, -0.25) is 0 Å². The summed E-state index contributed by atoms with van der Waals surface area (Å²) in [7, 11) is 0. The normalized spacial score (nSPS) is 10.3. The highest BCUT2D eigenvalue weighted by Gasteiger charge is 1.96. The minimum Gasteiger partial charge on any atom is -0.151 e. The number of unbranched alkanes of at least 4 members (excludes halogenated alkanes) is 2. The van der Waals surface area contributed by atoms with Gasteiger partial charge >= 0.3 is 0 Å². The number of hydrogen-bond acceptors (Lipinski definition) is 1. The lowest BCUT2D eigenvalue weighted by Crippen LogP contribution is -2.18. The summed E-state index contributed by atoms with van der Waals surface area (Å²) >= 11 is 0. The van der Waals surface area contributed by atoms with Crippen LogP contribution in [-0.4, -0.2) is 18.2 Å². The van der Waals surface area contributed by atoms with Gasteiger partial charge in [-0.25, -0.2) is 0 Å². The second-order valence-corrected chi connectivity index (χ2v) is 2.38. The van der Waals surface area contributed by atoms with Crippen molar-refractivity contribution in [2.45, 2.75) is 26.2 Å². The summed E-state index contributed by atoms with van der Waals surface area (Å²) in [4.78, 5) is 0. The van der Waals surface area contributed by atoms with Crippen LogP contribution in [0.5, 0.6) is 0 Å². The van der Waals surface area contributed by atoms with Crippen LogP contribution in [0.3, 0.4) is 0 Å². The quantitative estimate of drug-likeness (QED) is 0.316. The lowest BCUT2D eigenvalue weighted by molar-refractivity contribution is -0.148. The number of rotatable bonds is 6. The van der Waals surface area contributed by atoms with Crippen molar-refractivity contribution in [3.05, 3.63) is 12.7 Å². The Bertz CT molecular complexity index is 83.3. The molecule has 0 heterocycles. The van der Waals surface area contributed by atoms with Crippen LogP contribution < -0.4 is 0 Å². The Hall–Kier alpha value is -0.340. The third-order valence-corrected chi connectivity index (χ3v) is 1.34. The van der Waals surface area contributed by atoms with Gasteiger partial charge in [-0.1, -0.05) is 25.8 Å². The molecule has 2 nitrogen and oxygen atoms in total. The Kier molecular flexibility index (Phi) is 6.55. The van der Waals surface area contributed by atoms with Gasteiger partial charge in [0.15, 0.2) is 0 Å². The lowest BCUT2D eigenvalue weighted by Gasteiger charge is -2.07. The molecular weight excluding hydrogens is 126 g/mol. The van der Waals surface area contributed by atoms with Crippen LogP contribution in [0.4, 0.5) is 0 Å². The highest BCUT2D eigenvalue weighted by Crippen LogP contribution is 1.95. The van der Waals surface area contributed by atoms with Crippen molar-refractivity contribution < 1.29 is 5.21 Å². The molecular formula is C8H16NO. The van der Waals surface area contributed by atoms with E-state index in [9.17, 15) is 5.21 Å². The molecule has 0 atom stereocenters. The van der Waals surface area contributed by atoms with Crippen LogP contribution in [0.1, 0.15) is 26.2 Å². The van der Waals surface area contributed by atoms with Gasteiger partial charge in [-0.15, -0.1) is 11.8 Å². The summed E-state index contributed by atoms with van der Waals surface area (Å²) in [5, 5.41) is 11.8. The van der Waals surface area contributed by atoms with E-state index in [0.29, 0.717) is 13.1 Å². The second-order valence-electron chi connectivity index (χ2n) is 2.38. The van der Waals surface area contributed by atoms with Crippen molar-refractivity contribution in [2.75, 3.05) is 13.1 Å². The molecule has 0 aromatic heterocycles. The summed E-state index contributed by atoms with van der Waals surface area (Å²) in [6, 6.07) is 0. The summed E-state index contributed by atoms with van der Waals surface area (Å²) < 4.78 is 0. The maximum Gasteiger partial charge on any atom is 0.0449 e. The smallest absolute Gasteiger partial charge is 0.0449 e. The predicted octanol–water partition coefficient (Wildman–Crippen LogP) is 2.01. The fraction of sp³-hybridized carbons (Fsp3) is 0.750. The fourth-order valence-corrected chi connectivity index (χ4v) is 0.773. The first-order valence-electron chi connectivity index (χ1n) is 3.84. The molecule has 59 valence electrons. The van der Waals surface area contributed by atoms with E-state index >= 15 is 0 Å². The number of hydrogen-bond donors (Lipinski definition) is 0. The van der Waals surface area contributed by atoms with Crippen LogP contribution in [-0.2, 0) is 5.21 Å². The number of nitrogens with zero attached hydrogens (tertiary/aromatic N) is 1. The van der Waals surface area contributed by atoms with Gasteiger partial charge in [0, 0.05) is 13.1 Å². The van der Waals surface area contributed by atoms with Crippen LogP contribution in [0, 0.1) is 0 Å². The van der Waals surface area contributed by atoms with Crippen LogP contribution in [0.2, 0.25) is 0 Å². The molecule has 0 unspecified atom stereocenters. The van der Waals surface area contributed by atoms with Crippen molar-refractivity contribution in [1.82, 2.24) is 5.06 Å². The van der Waals surface area contributed by atoms with E-state index in [1.165, 1.54) is 6.42 Å². The summed E-state index contributed by atoms with van der Waals surface area (Å²) in [5.74, 6) is 0. The summed E-state index contributed by atoms with van der Waals surface area (Å²) in [6.07, 6.45) is 4.96. The van der Waals surface area contributed by atoms with Crippen molar-refractivity contribution in [2.24, 2.45) is 0 Å². The molecule has 0 bridgehead atoms. The molecule has 10 heavy (non-hydrogen) atoms. The Morgan fingerprint density at radius 3 is 2.70 bits per heavy atom. The minimum absolute atomic E-state index is 0.462. The number of hydroxylamine groups is 2. The summed E-state index contributed by atoms with van der Waals surface area (Å²) in [6.45, 7) is 6.73. The van der Waals surface area contributed by atoms with E-state index in [0.717, 1.165) is 17.9 Å². The SMILES string of the molecule is C=CCN([O])CCCCC. The molecule has 0 aromatic carbocycles. The highest BCUT2D eigenvalue weighted by molar-refractivity contribution is 4.68. The molecule has 0 N–H and O–H groups in total. The van der Waals surface area contributed by atoms with Gasteiger partial charge in [-0.2, -0.15) is 5.06 Å². The van der Waals surface area contributed by atoms with Crippen LogP contribution in [0.15, 0.2) is 12.7 Å². The molecule has 0 saturated carbocycles. The van der Waals surface area contributed by atoms with Gasteiger partial charge in [0.25, 0.3) is 0 Å². The zero-order valence-corrected chi connectivity index (χ0v) is 6.68. The Morgan fingerprint density at radius 2 is 2.20 bits per heavy atom. The highest BCUT2D eigenvalue weighted by atomic mass is 16.5. The predicted molar refractivity (Wildman–Crippen MR) is 42.0 cm³/mol. The first-order chi connectivity index (χ1) is 4.81. The van der Waals surface area contributed by atoms with Crippen molar-refractivity contribution in [1.29, 1.82) is 0 Å². The molecule has 2 heteroatoms. The molecule has 0 aliphatic rings. The maximum absolute atomic E-state index is 10.8. The van der Waals surface area contributed by atoms with E-state index in [4.69, 9.17) is 0 Å². The topological polar surface area (TPSA) is 23.1 Å². The Morgan fingerprint density at radius 1 is 1.50 bits per heavy atom. The second kappa shape index (κ2) is 6.78. The molecule has 0 fully saturated rings. The Labute approximate surface area is 63.1 Å². The standard InChI is InChI=1S/C8H16NO/c1-3-5-6-8-9(10)7-4-2/h4H,2-3,5-8H2,1H3. The van der Waals surface area contributed by atoms with Crippen molar-refractivity contribution >= 4 is 0 Å². The molecule has 0 saturated heterocycles. The lowest BCUT2D eigenvalue weighted by atomic mass is 10.2. The zero-order valence-electron chi connectivity index (χ0n) is 6.68. The van der Waals surface area contributed by atoms with Crippen LogP contribution in [0.25, 0.3) is 0 Å². The fourth-order valence-electron chi connectivity index (χ4n) is 0.773. The van der Waals surface area contributed by atoms with E-state index in [1.807, 2.05) is 0 Å². The molecule has 1 radical (unpaired) electrons.